The van der Waals surface area contributed by atoms with Gasteiger partial charge in [-0.1, -0.05) is 50.1 Å². The molecule has 170 valence electrons. The number of para-hydroxylation sites is 2. The van der Waals surface area contributed by atoms with Crippen molar-refractivity contribution in [3.05, 3.63) is 65.4 Å². The molecule has 33 heavy (non-hydrogen) atoms. The molecular weight excluding hydrogens is 416 g/mol. The van der Waals surface area contributed by atoms with Crippen molar-refractivity contribution < 1.29 is 14.4 Å². The average Bonchev–Trinajstić information content (AvgIpc) is 3.30. The highest BCUT2D eigenvalue weighted by Crippen LogP contribution is 2.45. The zero-order valence-corrected chi connectivity index (χ0v) is 19.0. The van der Waals surface area contributed by atoms with Crippen LogP contribution in [0.4, 0.5) is 10.5 Å². The van der Waals surface area contributed by atoms with Gasteiger partial charge in [0.1, 0.15) is 0 Å². The van der Waals surface area contributed by atoms with Crippen LogP contribution < -0.4 is 10.2 Å². The van der Waals surface area contributed by atoms with E-state index in [0.29, 0.717) is 30.8 Å². The van der Waals surface area contributed by atoms with Crippen molar-refractivity contribution >= 4 is 34.4 Å². The zero-order valence-electron chi connectivity index (χ0n) is 19.0. The number of fused-ring (bicyclic) bond motifs is 5. The lowest BCUT2D eigenvalue weighted by molar-refractivity contribution is -0.125. The predicted molar refractivity (Wildman–Crippen MR) is 127 cm³/mol. The van der Waals surface area contributed by atoms with Gasteiger partial charge >= 0.3 is 6.03 Å². The minimum Gasteiger partial charge on any atom is -0.356 e. The van der Waals surface area contributed by atoms with E-state index < -0.39 is 11.6 Å². The Balaban J connectivity index is 1.53. The van der Waals surface area contributed by atoms with Crippen molar-refractivity contribution in [1.82, 2.24) is 15.2 Å². The molecule has 1 fully saturated rings. The molecular formula is C26H28N4O3. The molecule has 0 spiro atoms. The third-order valence-corrected chi connectivity index (χ3v) is 6.92. The van der Waals surface area contributed by atoms with Crippen LogP contribution in [0.1, 0.15) is 54.7 Å². The first kappa shape index (κ1) is 21.2. The summed E-state index contributed by atoms with van der Waals surface area (Å²) < 4.78 is 0. The molecule has 3 heterocycles. The average molecular weight is 445 g/mol. The number of carbonyl (C=O) groups excluding carboxylic acids is 3. The van der Waals surface area contributed by atoms with Crippen LogP contribution in [0.2, 0.25) is 0 Å². The van der Waals surface area contributed by atoms with Gasteiger partial charge in [0, 0.05) is 24.0 Å². The molecule has 2 N–H and O–H groups in total. The molecule has 1 unspecified atom stereocenters. The molecule has 5 rings (SSSR count). The Kier molecular flexibility index (Phi) is 5.19. The summed E-state index contributed by atoms with van der Waals surface area (Å²) in [6, 6.07) is 14.4. The summed E-state index contributed by atoms with van der Waals surface area (Å²) in [4.78, 5) is 46.6. The summed E-state index contributed by atoms with van der Waals surface area (Å²) in [5.74, 6) is -0.616. The Morgan fingerprint density at radius 3 is 2.67 bits per heavy atom. The number of benzene rings is 2. The molecule has 4 amide bonds. The van der Waals surface area contributed by atoms with Crippen LogP contribution in [0.25, 0.3) is 10.9 Å². The lowest BCUT2D eigenvalue weighted by atomic mass is 9.87. The second-order valence-electron chi connectivity index (χ2n) is 8.90. The van der Waals surface area contributed by atoms with E-state index in [4.69, 9.17) is 0 Å². The number of hydrogen-bond donors (Lipinski definition) is 2. The number of carbonyl (C=O) groups is 3. The minimum absolute atomic E-state index is 0.274. The highest BCUT2D eigenvalue weighted by atomic mass is 16.2. The molecule has 1 atom stereocenters. The van der Waals surface area contributed by atoms with E-state index in [1.165, 1.54) is 4.90 Å². The number of aromatic amines is 1. The van der Waals surface area contributed by atoms with Crippen LogP contribution in [0, 0.1) is 0 Å². The van der Waals surface area contributed by atoms with E-state index in [1.807, 2.05) is 24.3 Å². The number of anilines is 1. The van der Waals surface area contributed by atoms with Gasteiger partial charge in [0.15, 0.2) is 5.54 Å². The fraction of sp³-hybridized carbons (Fsp3) is 0.346. The summed E-state index contributed by atoms with van der Waals surface area (Å²) >= 11 is 0. The highest BCUT2D eigenvalue weighted by molar-refractivity contribution is 6.25. The molecule has 3 aromatic rings. The number of H-pyrrole nitrogens is 1. The molecule has 7 heteroatoms. The van der Waals surface area contributed by atoms with E-state index in [9.17, 15) is 14.4 Å². The summed E-state index contributed by atoms with van der Waals surface area (Å²) in [6.07, 6.45) is 3.65. The normalized spacial score (nSPS) is 19.7. The van der Waals surface area contributed by atoms with Gasteiger partial charge in [0.05, 0.1) is 16.9 Å². The number of nitrogens with one attached hydrogen (secondary N) is 2. The van der Waals surface area contributed by atoms with Gasteiger partial charge in [-0.2, -0.15) is 0 Å². The van der Waals surface area contributed by atoms with Gasteiger partial charge in [0.2, 0.25) is 0 Å². The van der Waals surface area contributed by atoms with Crippen LogP contribution in [0.5, 0.6) is 0 Å². The van der Waals surface area contributed by atoms with E-state index in [-0.39, 0.29) is 11.8 Å². The molecule has 1 saturated heterocycles. The number of unbranched alkanes of at least 4 members (excludes halogenated alkanes) is 2. The summed E-state index contributed by atoms with van der Waals surface area (Å²) in [5.41, 5.74) is 2.31. The van der Waals surface area contributed by atoms with Crippen molar-refractivity contribution in [2.75, 3.05) is 18.0 Å². The lowest BCUT2D eigenvalue weighted by Crippen LogP contribution is -2.49. The van der Waals surface area contributed by atoms with E-state index in [1.54, 1.807) is 36.1 Å². The van der Waals surface area contributed by atoms with Crippen LogP contribution in [0.15, 0.2) is 48.5 Å². The van der Waals surface area contributed by atoms with Crippen molar-refractivity contribution in [3.63, 3.8) is 0 Å². The van der Waals surface area contributed by atoms with Crippen molar-refractivity contribution in [2.45, 2.75) is 45.1 Å². The number of urea groups is 1. The van der Waals surface area contributed by atoms with Gasteiger partial charge in [-0.25, -0.2) is 9.69 Å². The maximum absolute atomic E-state index is 13.9. The molecule has 2 aliphatic rings. The fourth-order valence-corrected chi connectivity index (χ4v) is 5.14. The Hall–Kier alpha value is -3.61. The number of nitrogens with zero attached hydrogens (tertiary/aromatic N) is 2. The summed E-state index contributed by atoms with van der Waals surface area (Å²) in [5, 5.41) is 4.01. The number of rotatable bonds is 6. The Morgan fingerprint density at radius 1 is 1.09 bits per heavy atom. The molecule has 2 aromatic carbocycles. The maximum atomic E-state index is 13.9. The standard InChI is InChI=1S/C26H28N4O3/c1-3-4-9-15-27-23(31)19-11-6-8-13-21(19)30-24(32)26(2)22-18(14-16-29(26)25(30)33)17-10-5-7-12-20(17)28-22/h5-8,10-13,28H,3-4,9,14-16H2,1-2H3,(H,27,31). The molecule has 1 aromatic heterocycles. The summed E-state index contributed by atoms with van der Waals surface area (Å²) in [7, 11) is 0. The molecule has 7 nitrogen and oxygen atoms in total. The van der Waals surface area contributed by atoms with E-state index in [2.05, 4.69) is 17.2 Å². The quantitative estimate of drug-likeness (QED) is 0.438. The molecule has 0 aliphatic carbocycles. The lowest BCUT2D eigenvalue weighted by Gasteiger charge is -2.35. The molecule has 0 bridgehead atoms. The highest BCUT2D eigenvalue weighted by Gasteiger charge is 2.59. The Morgan fingerprint density at radius 2 is 1.85 bits per heavy atom. The monoisotopic (exact) mass is 444 g/mol. The summed E-state index contributed by atoms with van der Waals surface area (Å²) in [6.45, 7) is 4.91. The third kappa shape index (κ3) is 3.14. The number of amides is 4. The topological polar surface area (TPSA) is 85.5 Å². The van der Waals surface area contributed by atoms with Crippen molar-refractivity contribution in [3.8, 4) is 0 Å². The fourth-order valence-electron chi connectivity index (χ4n) is 5.14. The van der Waals surface area contributed by atoms with Gasteiger partial charge in [-0.15, -0.1) is 0 Å². The second-order valence-corrected chi connectivity index (χ2v) is 8.90. The van der Waals surface area contributed by atoms with Gasteiger partial charge in [0.25, 0.3) is 11.8 Å². The first-order chi connectivity index (χ1) is 16.0. The largest absolute Gasteiger partial charge is 0.356 e. The van der Waals surface area contributed by atoms with E-state index in [0.717, 1.165) is 41.4 Å². The molecule has 0 saturated carbocycles. The van der Waals surface area contributed by atoms with Gasteiger partial charge in [-0.05, 0) is 43.5 Å². The number of imide groups is 1. The van der Waals surface area contributed by atoms with Gasteiger partial charge < -0.3 is 15.2 Å². The zero-order chi connectivity index (χ0) is 23.2. The Labute approximate surface area is 192 Å². The first-order valence-electron chi connectivity index (χ1n) is 11.6. The van der Waals surface area contributed by atoms with Crippen LogP contribution >= 0.6 is 0 Å². The molecule has 2 aliphatic heterocycles. The number of aromatic nitrogens is 1. The smallest absolute Gasteiger partial charge is 0.332 e. The van der Waals surface area contributed by atoms with E-state index >= 15 is 0 Å². The van der Waals surface area contributed by atoms with Crippen LogP contribution in [0.3, 0.4) is 0 Å². The third-order valence-electron chi connectivity index (χ3n) is 6.92. The van der Waals surface area contributed by atoms with Crippen molar-refractivity contribution in [2.24, 2.45) is 0 Å². The predicted octanol–water partition coefficient (Wildman–Crippen LogP) is 4.33. The second kappa shape index (κ2) is 8.06. The maximum Gasteiger partial charge on any atom is 0.332 e. The van der Waals surface area contributed by atoms with Crippen LogP contribution in [-0.4, -0.2) is 40.8 Å². The molecule has 0 radical (unpaired) electrons. The van der Waals surface area contributed by atoms with Crippen LogP contribution in [-0.2, 0) is 16.8 Å². The van der Waals surface area contributed by atoms with Crippen molar-refractivity contribution in [1.29, 1.82) is 0 Å². The van der Waals surface area contributed by atoms with Gasteiger partial charge in [-0.3, -0.25) is 9.59 Å². The first-order valence-corrected chi connectivity index (χ1v) is 11.6. The minimum atomic E-state index is -1.14. The Bertz CT molecular complexity index is 1260. The number of hydrogen-bond acceptors (Lipinski definition) is 3. The SMILES string of the molecule is CCCCCNC(=O)c1ccccc1N1C(=O)N2CCc3c([nH]c4ccccc34)C2(C)C1=O.